The second-order valence-electron chi connectivity index (χ2n) is 5.27. The first-order valence-electron chi connectivity index (χ1n) is 5.86. The van der Waals surface area contributed by atoms with Gasteiger partial charge in [0.05, 0.1) is 4.90 Å². The van der Waals surface area contributed by atoms with Crippen LogP contribution in [0, 0.1) is 0 Å². The van der Waals surface area contributed by atoms with E-state index in [1.54, 1.807) is 24.3 Å². The molecule has 1 aromatic carbocycles. The van der Waals surface area contributed by atoms with Crippen LogP contribution in [0.3, 0.4) is 0 Å². The van der Waals surface area contributed by atoms with Gasteiger partial charge >= 0.3 is 0 Å². The van der Waals surface area contributed by atoms with Crippen LogP contribution in [0.1, 0.15) is 20.8 Å². The highest BCUT2D eigenvalue weighted by Gasteiger charge is 2.09. The fourth-order valence-corrected chi connectivity index (χ4v) is 2.05. The SMILES string of the molecule is CC(C)(C)NCCOc1cccc(S(C)(=O)=O)c1. The lowest BCUT2D eigenvalue weighted by atomic mass is 10.1. The summed E-state index contributed by atoms with van der Waals surface area (Å²) < 4.78 is 28.3. The molecule has 0 unspecified atom stereocenters. The number of hydrogen-bond donors (Lipinski definition) is 1. The number of benzene rings is 1. The first kappa shape index (κ1) is 15.0. The highest BCUT2D eigenvalue weighted by atomic mass is 32.2. The van der Waals surface area contributed by atoms with Crippen LogP contribution in [0.2, 0.25) is 0 Å². The Morgan fingerprint density at radius 2 is 1.94 bits per heavy atom. The van der Waals surface area contributed by atoms with Gasteiger partial charge in [-0.1, -0.05) is 6.07 Å². The van der Waals surface area contributed by atoms with Gasteiger partial charge < -0.3 is 10.1 Å². The average molecular weight is 271 g/mol. The van der Waals surface area contributed by atoms with Crippen LogP contribution in [0.25, 0.3) is 0 Å². The molecule has 1 N–H and O–H groups in total. The van der Waals surface area contributed by atoms with Gasteiger partial charge in [-0.3, -0.25) is 0 Å². The quantitative estimate of drug-likeness (QED) is 0.831. The summed E-state index contributed by atoms with van der Waals surface area (Å²) in [7, 11) is -3.17. The first-order valence-corrected chi connectivity index (χ1v) is 7.75. The van der Waals surface area contributed by atoms with Gasteiger partial charge in [0, 0.05) is 18.3 Å². The van der Waals surface area contributed by atoms with E-state index in [4.69, 9.17) is 4.74 Å². The number of hydrogen-bond acceptors (Lipinski definition) is 4. The zero-order valence-corrected chi connectivity index (χ0v) is 12.2. The first-order chi connectivity index (χ1) is 8.18. The maximum Gasteiger partial charge on any atom is 0.175 e. The van der Waals surface area contributed by atoms with Crippen molar-refractivity contribution in [1.29, 1.82) is 0 Å². The zero-order valence-electron chi connectivity index (χ0n) is 11.4. The maximum atomic E-state index is 11.4. The van der Waals surface area contributed by atoms with Crippen LogP contribution < -0.4 is 10.1 Å². The second-order valence-corrected chi connectivity index (χ2v) is 7.29. The van der Waals surface area contributed by atoms with Crippen LogP contribution in [0.4, 0.5) is 0 Å². The summed E-state index contributed by atoms with van der Waals surface area (Å²) >= 11 is 0. The van der Waals surface area contributed by atoms with E-state index in [2.05, 4.69) is 26.1 Å². The fraction of sp³-hybridized carbons (Fsp3) is 0.538. The molecule has 0 heterocycles. The van der Waals surface area contributed by atoms with Crippen molar-refractivity contribution in [3.05, 3.63) is 24.3 Å². The van der Waals surface area contributed by atoms with Gasteiger partial charge in [-0.25, -0.2) is 8.42 Å². The summed E-state index contributed by atoms with van der Waals surface area (Å²) in [5.74, 6) is 0.577. The molecule has 1 aromatic rings. The summed E-state index contributed by atoms with van der Waals surface area (Å²) in [6, 6.07) is 6.55. The van der Waals surface area contributed by atoms with E-state index in [1.165, 1.54) is 6.26 Å². The molecule has 0 bridgehead atoms. The zero-order chi connectivity index (χ0) is 13.8. The van der Waals surface area contributed by atoms with Gasteiger partial charge in [-0.15, -0.1) is 0 Å². The predicted molar refractivity (Wildman–Crippen MR) is 72.8 cm³/mol. The lowest BCUT2D eigenvalue weighted by Gasteiger charge is -2.20. The number of nitrogens with one attached hydrogen (secondary N) is 1. The minimum absolute atomic E-state index is 0.0535. The van der Waals surface area contributed by atoms with Crippen molar-refractivity contribution >= 4 is 9.84 Å². The fourth-order valence-electron chi connectivity index (χ4n) is 1.39. The highest BCUT2D eigenvalue weighted by molar-refractivity contribution is 7.90. The van der Waals surface area contributed by atoms with Gasteiger partial charge in [0.25, 0.3) is 0 Å². The molecule has 0 atom stereocenters. The topological polar surface area (TPSA) is 55.4 Å². The Morgan fingerprint density at radius 1 is 1.28 bits per heavy atom. The van der Waals surface area contributed by atoms with Gasteiger partial charge in [0.15, 0.2) is 9.84 Å². The molecule has 0 saturated heterocycles. The molecule has 4 nitrogen and oxygen atoms in total. The molecule has 0 aliphatic heterocycles. The van der Waals surface area contributed by atoms with Crippen molar-refractivity contribution in [2.24, 2.45) is 0 Å². The lowest BCUT2D eigenvalue weighted by molar-refractivity contribution is 0.290. The molecule has 102 valence electrons. The monoisotopic (exact) mass is 271 g/mol. The smallest absolute Gasteiger partial charge is 0.175 e. The number of sulfone groups is 1. The largest absolute Gasteiger partial charge is 0.492 e. The molecular formula is C13H21NO3S. The van der Waals surface area contributed by atoms with Crippen molar-refractivity contribution in [1.82, 2.24) is 5.32 Å². The second kappa shape index (κ2) is 5.71. The third kappa shape index (κ3) is 5.51. The molecule has 1 rings (SSSR count). The normalized spacial score (nSPS) is 12.4. The molecule has 0 fully saturated rings. The maximum absolute atomic E-state index is 11.4. The van der Waals surface area contributed by atoms with Crippen LogP contribution in [0.5, 0.6) is 5.75 Å². The molecule has 0 radical (unpaired) electrons. The minimum atomic E-state index is -3.17. The van der Waals surface area contributed by atoms with Gasteiger partial charge in [-0.05, 0) is 39.0 Å². The van der Waals surface area contributed by atoms with E-state index in [9.17, 15) is 8.42 Å². The van der Waals surface area contributed by atoms with Crippen molar-refractivity contribution < 1.29 is 13.2 Å². The number of rotatable bonds is 5. The predicted octanol–water partition coefficient (Wildman–Crippen LogP) is 1.86. The standard InChI is InChI=1S/C13H21NO3S/c1-13(2,3)14-8-9-17-11-6-5-7-12(10-11)18(4,15)16/h5-7,10,14H,8-9H2,1-4H3. The van der Waals surface area contributed by atoms with Crippen molar-refractivity contribution in [2.75, 3.05) is 19.4 Å². The Labute approximate surface area is 109 Å². The van der Waals surface area contributed by atoms with Crippen molar-refractivity contribution in [2.45, 2.75) is 31.2 Å². The van der Waals surface area contributed by atoms with Crippen LogP contribution >= 0.6 is 0 Å². The Balaban J connectivity index is 2.54. The van der Waals surface area contributed by atoms with Crippen molar-refractivity contribution in [3.63, 3.8) is 0 Å². The average Bonchev–Trinajstić information content (AvgIpc) is 2.22. The van der Waals surface area contributed by atoms with Crippen LogP contribution in [-0.4, -0.2) is 33.4 Å². The Hall–Kier alpha value is -1.07. The molecule has 5 heteroatoms. The summed E-state index contributed by atoms with van der Waals surface area (Å²) in [5.41, 5.74) is 0.0535. The van der Waals surface area contributed by atoms with Crippen LogP contribution in [0.15, 0.2) is 29.2 Å². The highest BCUT2D eigenvalue weighted by Crippen LogP contribution is 2.17. The van der Waals surface area contributed by atoms with E-state index < -0.39 is 9.84 Å². The van der Waals surface area contributed by atoms with E-state index in [-0.39, 0.29) is 10.4 Å². The van der Waals surface area contributed by atoms with E-state index in [0.717, 1.165) is 0 Å². The summed E-state index contributed by atoms with van der Waals surface area (Å²) in [6.07, 6.45) is 1.19. The third-order valence-corrected chi connectivity index (χ3v) is 3.37. The number of ether oxygens (including phenoxy) is 1. The van der Waals surface area contributed by atoms with Gasteiger partial charge in [-0.2, -0.15) is 0 Å². The minimum Gasteiger partial charge on any atom is -0.492 e. The molecule has 0 aliphatic rings. The lowest BCUT2D eigenvalue weighted by Crippen LogP contribution is -2.38. The molecule has 0 amide bonds. The molecular weight excluding hydrogens is 250 g/mol. The molecule has 18 heavy (non-hydrogen) atoms. The van der Waals surface area contributed by atoms with E-state index in [1.807, 2.05) is 0 Å². The summed E-state index contributed by atoms with van der Waals surface area (Å²) in [5, 5.41) is 3.29. The van der Waals surface area contributed by atoms with E-state index in [0.29, 0.717) is 18.9 Å². The molecule has 0 aliphatic carbocycles. The molecule has 0 saturated carbocycles. The van der Waals surface area contributed by atoms with Gasteiger partial charge in [0.1, 0.15) is 12.4 Å². The third-order valence-electron chi connectivity index (χ3n) is 2.26. The summed E-state index contributed by atoms with van der Waals surface area (Å²) in [4.78, 5) is 0.281. The Bertz CT molecular complexity index is 489. The van der Waals surface area contributed by atoms with Crippen LogP contribution in [-0.2, 0) is 9.84 Å². The Morgan fingerprint density at radius 3 is 2.50 bits per heavy atom. The van der Waals surface area contributed by atoms with Gasteiger partial charge in [0.2, 0.25) is 0 Å². The summed E-state index contributed by atoms with van der Waals surface area (Å²) in [6.45, 7) is 7.46. The molecule has 0 spiro atoms. The molecule has 0 aromatic heterocycles. The van der Waals surface area contributed by atoms with E-state index >= 15 is 0 Å². The Kier molecular flexibility index (Phi) is 4.76. The van der Waals surface area contributed by atoms with Crippen molar-refractivity contribution in [3.8, 4) is 5.75 Å².